The van der Waals surface area contributed by atoms with E-state index in [1.807, 2.05) is 18.3 Å². The maximum atomic E-state index is 6.10. The first-order valence-corrected chi connectivity index (χ1v) is 11.5. The van der Waals surface area contributed by atoms with E-state index in [0.29, 0.717) is 5.92 Å². The van der Waals surface area contributed by atoms with Gasteiger partial charge < -0.3 is 9.47 Å². The van der Waals surface area contributed by atoms with Gasteiger partial charge in [-0.25, -0.2) is 4.98 Å². The molecule has 4 heteroatoms. The molecule has 1 saturated heterocycles. The highest BCUT2D eigenvalue weighted by Gasteiger charge is 2.25. The summed E-state index contributed by atoms with van der Waals surface area (Å²) in [5.74, 6) is 1.76. The molecule has 0 bridgehead atoms. The lowest BCUT2D eigenvalue weighted by Crippen LogP contribution is -2.33. The number of pyridine rings is 1. The number of anilines is 1. The van der Waals surface area contributed by atoms with Gasteiger partial charge in [0.1, 0.15) is 0 Å². The van der Waals surface area contributed by atoms with Gasteiger partial charge in [0.05, 0.1) is 5.52 Å². The molecule has 2 aromatic heterocycles. The molecule has 0 aliphatic carbocycles. The largest absolute Gasteiger partial charge is 0.355 e. The van der Waals surface area contributed by atoms with E-state index in [1.165, 1.54) is 33.3 Å². The number of aryl methyl sites for hydroxylation is 1. The average Bonchev–Trinajstić information content (AvgIpc) is 3.06. The summed E-state index contributed by atoms with van der Waals surface area (Å²) in [6.45, 7) is 7.34. The molecule has 0 atom stereocenters. The summed E-state index contributed by atoms with van der Waals surface area (Å²) in [6.07, 6.45) is 4.30. The Morgan fingerprint density at radius 2 is 1.65 bits per heavy atom. The lowest BCUT2D eigenvalue weighted by Gasteiger charge is -2.33. The van der Waals surface area contributed by atoms with Crippen LogP contribution in [0.4, 0.5) is 5.82 Å². The third kappa shape index (κ3) is 3.83. The lowest BCUT2D eigenvalue weighted by atomic mass is 9.89. The average molecular weight is 430 g/mol. The first-order valence-electron chi connectivity index (χ1n) is 11.1. The summed E-state index contributed by atoms with van der Waals surface area (Å²) in [6, 6.07) is 21.3. The van der Waals surface area contributed by atoms with Crippen LogP contribution in [0.2, 0.25) is 5.02 Å². The van der Waals surface area contributed by atoms with Crippen molar-refractivity contribution in [3.8, 4) is 0 Å². The molecule has 1 aliphatic heterocycles. The van der Waals surface area contributed by atoms with Gasteiger partial charge in [-0.1, -0.05) is 54.1 Å². The SMILES string of the molecule is Cc1c(C)n(Cc2ccc(Cl)cc2)c2c(N3CCC(c4ccccc4)CC3)nccc12. The van der Waals surface area contributed by atoms with Crippen molar-refractivity contribution in [3.05, 3.63) is 94.3 Å². The van der Waals surface area contributed by atoms with Crippen LogP contribution in [0.3, 0.4) is 0 Å². The molecule has 3 heterocycles. The van der Waals surface area contributed by atoms with Crippen molar-refractivity contribution in [2.45, 2.75) is 39.2 Å². The van der Waals surface area contributed by atoms with Gasteiger partial charge in [-0.15, -0.1) is 0 Å². The zero-order chi connectivity index (χ0) is 21.4. The molecular weight excluding hydrogens is 402 g/mol. The molecular formula is C27H28ClN3. The van der Waals surface area contributed by atoms with Crippen molar-refractivity contribution in [1.29, 1.82) is 0 Å². The molecule has 2 aromatic carbocycles. The van der Waals surface area contributed by atoms with Crippen molar-refractivity contribution < 1.29 is 0 Å². The van der Waals surface area contributed by atoms with E-state index in [-0.39, 0.29) is 0 Å². The fraction of sp³-hybridized carbons (Fsp3) is 0.296. The van der Waals surface area contributed by atoms with Crippen molar-refractivity contribution in [2.75, 3.05) is 18.0 Å². The van der Waals surface area contributed by atoms with Gasteiger partial charge in [0.25, 0.3) is 0 Å². The van der Waals surface area contributed by atoms with Gasteiger partial charge in [0, 0.05) is 41.9 Å². The highest BCUT2D eigenvalue weighted by atomic mass is 35.5. The number of piperidine rings is 1. The zero-order valence-corrected chi connectivity index (χ0v) is 18.9. The quantitative estimate of drug-likeness (QED) is 0.358. The van der Waals surface area contributed by atoms with Crippen molar-refractivity contribution in [1.82, 2.24) is 9.55 Å². The topological polar surface area (TPSA) is 21.1 Å². The van der Waals surface area contributed by atoms with E-state index >= 15 is 0 Å². The van der Waals surface area contributed by atoms with Crippen LogP contribution in [0.5, 0.6) is 0 Å². The third-order valence-corrected chi connectivity index (χ3v) is 7.10. The number of benzene rings is 2. The Morgan fingerprint density at radius 3 is 2.35 bits per heavy atom. The van der Waals surface area contributed by atoms with E-state index in [0.717, 1.165) is 43.3 Å². The molecule has 158 valence electrons. The van der Waals surface area contributed by atoms with E-state index in [9.17, 15) is 0 Å². The van der Waals surface area contributed by atoms with Crippen molar-refractivity contribution in [3.63, 3.8) is 0 Å². The summed E-state index contributed by atoms with van der Waals surface area (Å²) in [7, 11) is 0. The van der Waals surface area contributed by atoms with Gasteiger partial charge in [-0.2, -0.15) is 0 Å². The number of hydrogen-bond acceptors (Lipinski definition) is 2. The lowest BCUT2D eigenvalue weighted by molar-refractivity contribution is 0.503. The van der Waals surface area contributed by atoms with Crippen LogP contribution in [0.1, 0.15) is 41.1 Å². The van der Waals surface area contributed by atoms with Crippen molar-refractivity contribution >= 4 is 28.3 Å². The van der Waals surface area contributed by atoms with Gasteiger partial charge in [-0.3, -0.25) is 0 Å². The molecule has 3 nitrogen and oxygen atoms in total. The first kappa shape index (κ1) is 20.1. The Hall–Kier alpha value is -2.78. The fourth-order valence-corrected chi connectivity index (χ4v) is 5.05. The second-order valence-electron chi connectivity index (χ2n) is 8.63. The predicted molar refractivity (Wildman–Crippen MR) is 130 cm³/mol. The molecule has 0 unspecified atom stereocenters. The molecule has 31 heavy (non-hydrogen) atoms. The molecule has 5 rings (SSSR count). The van der Waals surface area contributed by atoms with Gasteiger partial charge in [0.2, 0.25) is 0 Å². The molecule has 4 aromatic rings. The molecule has 0 amide bonds. The highest BCUT2D eigenvalue weighted by Crippen LogP contribution is 2.35. The fourth-order valence-electron chi connectivity index (χ4n) is 4.93. The van der Waals surface area contributed by atoms with Gasteiger partial charge in [0.15, 0.2) is 5.82 Å². The van der Waals surface area contributed by atoms with E-state index in [1.54, 1.807) is 0 Å². The summed E-state index contributed by atoms with van der Waals surface area (Å²) < 4.78 is 2.43. The van der Waals surface area contributed by atoms with E-state index in [4.69, 9.17) is 16.6 Å². The molecule has 0 N–H and O–H groups in total. The Bertz CT molecular complexity index is 1190. The van der Waals surface area contributed by atoms with Crippen LogP contribution in [-0.2, 0) is 6.54 Å². The van der Waals surface area contributed by atoms with Gasteiger partial charge in [-0.05, 0) is 67.5 Å². The third-order valence-electron chi connectivity index (χ3n) is 6.85. The molecule has 0 saturated carbocycles. The van der Waals surface area contributed by atoms with Crippen LogP contribution in [-0.4, -0.2) is 22.6 Å². The Morgan fingerprint density at radius 1 is 0.935 bits per heavy atom. The van der Waals surface area contributed by atoms with E-state index < -0.39 is 0 Å². The minimum absolute atomic E-state index is 0.640. The van der Waals surface area contributed by atoms with Crippen LogP contribution in [0, 0.1) is 13.8 Å². The minimum Gasteiger partial charge on any atom is -0.355 e. The molecule has 1 fully saturated rings. The van der Waals surface area contributed by atoms with Crippen LogP contribution >= 0.6 is 11.6 Å². The maximum Gasteiger partial charge on any atom is 0.153 e. The smallest absolute Gasteiger partial charge is 0.153 e. The first-order chi connectivity index (χ1) is 15.1. The molecule has 0 spiro atoms. The van der Waals surface area contributed by atoms with Crippen LogP contribution in [0.25, 0.3) is 10.9 Å². The highest BCUT2D eigenvalue weighted by molar-refractivity contribution is 6.30. The number of aromatic nitrogens is 2. The summed E-state index contributed by atoms with van der Waals surface area (Å²) >= 11 is 6.10. The van der Waals surface area contributed by atoms with Crippen molar-refractivity contribution in [2.24, 2.45) is 0 Å². The van der Waals surface area contributed by atoms with E-state index in [2.05, 4.69) is 71.8 Å². The molecule has 0 radical (unpaired) electrons. The Kier molecular flexibility index (Phi) is 5.45. The zero-order valence-electron chi connectivity index (χ0n) is 18.2. The van der Waals surface area contributed by atoms with Gasteiger partial charge >= 0.3 is 0 Å². The van der Waals surface area contributed by atoms with Crippen LogP contribution < -0.4 is 4.90 Å². The normalized spacial score (nSPS) is 15.0. The number of hydrogen-bond donors (Lipinski definition) is 0. The second-order valence-corrected chi connectivity index (χ2v) is 9.06. The number of fused-ring (bicyclic) bond motifs is 1. The minimum atomic E-state index is 0.640. The van der Waals surface area contributed by atoms with Crippen LogP contribution in [0.15, 0.2) is 66.9 Å². The standard InChI is InChI=1S/C27H28ClN3/c1-19-20(2)31(18-21-8-10-24(28)11-9-21)26-25(19)12-15-29-27(26)30-16-13-23(14-17-30)22-6-4-3-5-7-22/h3-12,15,23H,13-14,16-18H2,1-2H3. The number of halogens is 1. The summed E-state index contributed by atoms with van der Waals surface area (Å²) in [4.78, 5) is 7.37. The Balaban J connectivity index is 1.48. The summed E-state index contributed by atoms with van der Waals surface area (Å²) in [5.41, 5.74) is 6.61. The molecule has 1 aliphatic rings. The Labute approximate surface area is 189 Å². The summed E-state index contributed by atoms with van der Waals surface area (Å²) in [5, 5.41) is 2.08. The maximum absolute atomic E-state index is 6.10. The monoisotopic (exact) mass is 429 g/mol. The second kappa shape index (κ2) is 8.39. The predicted octanol–water partition coefficient (Wildman–Crippen LogP) is 6.74. The number of rotatable bonds is 4. The number of nitrogens with zero attached hydrogens (tertiary/aromatic N) is 3.